The highest BCUT2D eigenvalue weighted by atomic mass is 16.2. The standard InChI is InChI=1S/C20H27N5O2/c1-15-11-17(19(26)23(2)3)6-7-18(15)22-20(27)25-9-4-5-16(13-25)12-24-10-8-21-14-24/h6-8,10-11,14,16H,4-5,9,12-13H2,1-3H3,(H,22,27)/t16-/m1/s1. The summed E-state index contributed by atoms with van der Waals surface area (Å²) in [6.07, 6.45) is 7.67. The number of piperidine rings is 1. The van der Waals surface area contributed by atoms with Crippen LogP contribution in [0.2, 0.25) is 0 Å². The number of nitrogens with one attached hydrogen (secondary N) is 1. The van der Waals surface area contributed by atoms with Crippen LogP contribution in [-0.2, 0) is 6.54 Å². The van der Waals surface area contributed by atoms with Gasteiger partial charge in [-0.3, -0.25) is 4.79 Å². The number of aryl methyl sites for hydroxylation is 1. The van der Waals surface area contributed by atoms with E-state index in [2.05, 4.69) is 14.9 Å². The summed E-state index contributed by atoms with van der Waals surface area (Å²) in [5.41, 5.74) is 2.24. The quantitative estimate of drug-likeness (QED) is 0.901. The van der Waals surface area contributed by atoms with Crippen LogP contribution in [0.25, 0.3) is 0 Å². The number of nitrogens with zero attached hydrogens (tertiary/aromatic N) is 4. The Morgan fingerprint density at radius 2 is 2.15 bits per heavy atom. The van der Waals surface area contributed by atoms with E-state index < -0.39 is 0 Å². The first-order valence-corrected chi connectivity index (χ1v) is 9.28. The van der Waals surface area contributed by atoms with Crippen molar-refractivity contribution in [2.24, 2.45) is 5.92 Å². The lowest BCUT2D eigenvalue weighted by Crippen LogP contribution is -2.43. The van der Waals surface area contributed by atoms with Crippen molar-refractivity contribution in [3.8, 4) is 0 Å². The highest BCUT2D eigenvalue weighted by Gasteiger charge is 2.24. The zero-order chi connectivity index (χ0) is 19.4. The number of hydrogen-bond acceptors (Lipinski definition) is 3. The van der Waals surface area contributed by atoms with Gasteiger partial charge < -0.3 is 19.7 Å². The van der Waals surface area contributed by atoms with E-state index in [0.29, 0.717) is 11.5 Å². The Morgan fingerprint density at radius 1 is 1.33 bits per heavy atom. The van der Waals surface area contributed by atoms with Gasteiger partial charge in [-0.1, -0.05) is 0 Å². The van der Waals surface area contributed by atoms with Gasteiger partial charge in [-0.05, 0) is 49.4 Å². The third-order valence-corrected chi connectivity index (χ3v) is 4.96. The van der Waals surface area contributed by atoms with Crippen LogP contribution in [0.1, 0.15) is 28.8 Å². The Hall–Kier alpha value is -2.83. The second kappa shape index (κ2) is 8.24. The molecule has 7 heteroatoms. The van der Waals surface area contributed by atoms with Gasteiger partial charge in [-0.15, -0.1) is 0 Å². The zero-order valence-electron chi connectivity index (χ0n) is 16.2. The smallest absolute Gasteiger partial charge is 0.321 e. The van der Waals surface area contributed by atoms with Crippen LogP contribution in [-0.4, -0.2) is 58.5 Å². The fraction of sp³-hybridized carbons (Fsp3) is 0.450. The first-order valence-electron chi connectivity index (χ1n) is 9.28. The summed E-state index contributed by atoms with van der Waals surface area (Å²) in [5.74, 6) is 0.384. The number of benzene rings is 1. The predicted octanol–water partition coefficient (Wildman–Crippen LogP) is 2.84. The minimum Gasteiger partial charge on any atom is -0.345 e. The molecule has 1 aliphatic rings. The van der Waals surface area contributed by atoms with Crippen LogP contribution in [0.5, 0.6) is 0 Å². The van der Waals surface area contributed by atoms with Crippen molar-refractivity contribution >= 4 is 17.6 Å². The van der Waals surface area contributed by atoms with Gasteiger partial charge in [0.1, 0.15) is 0 Å². The fourth-order valence-corrected chi connectivity index (χ4v) is 3.48. The number of carbonyl (C=O) groups excluding carboxylic acids is 2. The fourth-order valence-electron chi connectivity index (χ4n) is 3.48. The van der Waals surface area contributed by atoms with Crippen LogP contribution in [0, 0.1) is 12.8 Å². The molecule has 2 aromatic rings. The molecule has 1 atom stereocenters. The molecule has 2 heterocycles. The van der Waals surface area contributed by atoms with Crippen molar-refractivity contribution in [2.75, 3.05) is 32.5 Å². The number of likely N-dealkylation sites (tertiary alicyclic amines) is 1. The lowest BCUT2D eigenvalue weighted by Gasteiger charge is -2.33. The minimum absolute atomic E-state index is 0.0469. The Bertz CT molecular complexity index is 801. The minimum atomic E-state index is -0.0832. The number of hydrogen-bond donors (Lipinski definition) is 1. The van der Waals surface area contributed by atoms with E-state index >= 15 is 0 Å². The SMILES string of the molecule is Cc1cc(C(=O)N(C)C)ccc1NC(=O)N1CCC[C@H](Cn2ccnc2)C1. The van der Waals surface area contributed by atoms with Gasteiger partial charge in [0.2, 0.25) is 0 Å². The van der Waals surface area contributed by atoms with Crippen LogP contribution < -0.4 is 5.32 Å². The summed E-state index contributed by atoms with van der Waals surface area (Å²) in [4.78, 5) is 32.3. The average Bonchev–Trinajstić information content (AvgIpc) is 3.15. The molecule has 0 aliphatic carbocycles. The molecule has 1 aromatic carbocycles. The Morgan fingerprint density at radius 3 is 2.81 bits per heavy atom. The van der Waals surface area contributed by atoms with E-state index in [4.69, 9.17) is 0 Å². The van der Waals surface area contributed by atoms with Crippen molar-refractivity contribution in [1.29, 1.82) is 0 Å². The van der Waals surface area contributed by atoms with Gasteiger partial charge in [0, 0.05) is 57.4 Å². The lowest BCUT2D eigenvalue weighted by atomic mass is 9.98. The van der Waals surface area contributed by atoms with Gasteiger partial charge >= 0.3 is 6.03 Å². The summed E-state index contributed by atoms with van der Waals surface area (Å²) >= 11 is 0. The Kier molecular flexibility index (Phi) is 5.78. The van der Waals surface area contributed by atoms with E-state index in [1.54, 1.807) is 37.3 Å². The van der Waals surface area contributed by atoms with E-state index in [1.807, 2.05) is 30.4 Å². The molecule has 7 nitrogen and oxygen atoms in total. The van der Waals surface area contributed by atoms with E-state index in [-0.39, 0.29) is 11.9 Å². The molecule has 1 aliphatic heterocycles. The maximum Gasteiger partial charge on any atom is 0.321 e. The second-order valence-electron chi connectivity index (χ2n) is 7.37. The topological polar surface area (TPSA) is 70.5 Å². The van der Waals surface area contributed by atoms with Gasteiger partial charge in [0.25, 0.3) is 5.91 Å². The largest absolute Gasteiger partial charge is 0.345 e. The number of carbonyl (C=O) groups is 2. The molecule has 3 rings (SSSR count). The highest BCUT2D eigenvalue weighted by molar-refractivity contribution is 5.96. The molecule has 0 unspecified atom stereocenters. The second-order valence-corrected chi connectivity index (χ2v) is 7.37. The number of aromatic nitrogens is 2. The summed E-state index contributed by atoms with van der Waals surface area (Å²) in [6.45, 7) is 4.28. The van der Waals surface area contributed by atoms with Gasteiger partial charge in [-0.2, -0.15) is 0 Å². The van der Waals surface area contributed by atoms with Crippen molar-refractivity contribution in [1.82, 2.24) is 19.4 Å². The summed E-state index contributed by atoms with van der Waals surface area (Å²) in [7, 11) is 3.45. The maximum atomic E-state index is 12.7. The summed E-state index contributed by atoms with van der Waals surface area (Å²) in [6, 6.07) is 5.29. The molecular weight excluding hydrogens is 342 g/mol. The third kappa shape index (κ3) is 4.67. The zero-order valence-corrected chi connectivity index (χ0v) is 16.2. The molecule has 144 valence electrons. The molecule has 1 aromatic heterocycles. The number of anilines is 1. The molecule has 0 saturated carbocycles. The van der Waals surface area contributed by atoms with E-state index in [0.717, 1.165) is 43.7 Å². The molecule has 1 N–H and O–H groups in total. The Balaban J connectivity index is 1.61. The van der Waals surface area contributed by atoms with Crippen LogP contribution in [0.3, 0.4) is 0 Å². The van der Waals surface area contributed by atoms with Crippen LogP contribution in [0.4, 0.5) is 10.5 Å². The predicted molar refractivity (Wildman–Crippen MR) is 105 cm³/mol. The van der Waals surface area contributed by atoms with Crippen LogP contribution in [0.15, 0.2) is 36.9 Å². The summed E-state index contributed by atoms with van der Waals surface area (Å²) in [5, 5.41) is 3.00. The van der Waals surface area contributed by atoms with Crippen molar-refractivity contribution in [3.05, 3.63) is 48.0 Å². The maximum absolute atomic E-state index is 12.7. The molecule has 1 saturated heterocycles. The van der Waals surface area contributed by atoms with E-state index in [1.165, 1.54) is 0 Å². The molecule has 0 spiro atoms. The first kappa shape index (κ1) is 18.9. The first-order chi connectivity index (χ1) is 12.9. The number of urea groups is 1. The normalized spacial score (nSPS) is 16.9. The molecule has 0 bridgehead atoms. The van der Waals surface area contributed by atoms with Crippen molar-refractivity contribution in [3.63, 3.8) is 0 Å². The van der Waals surface area contributed by atoms with Crippen LogP contribution >= 0.6 is 0 Å². The van der Waals surface area contributed by atoms with Gasteiger partial charge in [0.15, 0.2) is 0 Å². The van der Waals surface area contributed by atoms with Crippen molar-refractivity contribution < 1.29 is 9.59 Å². The third-order valence-electron chi connectivity index (χ3n) is 4.96. The number of amides is 3. The highest BCUT2D eigenvalue weighted by Crippen LogP contribution is 2.21. The van der Waals surface area contributed by atoms with E-state index in [9.17, 15) is 9.59 Å². The molecule has 27 heavy (non-hydrogen) atoms. The molecule has 3 amide bonds. The average molecular weight is 369 g/mol. The van der Waals surface area contributed by atoms with Gasteiger partial charge in [-0.25, -0.2) is 9.78 Å². The number of rotatable bonds is 4. The number of imidazole rings is 1. The monoisotopic (exact) mass is 369 g/mol. The molecule has 1 fully saturated rings. The lowest BCUT2D eigenvalue weighted by molar-refractivity contribution is 0.0827. The van der Waals surface area contributed by atoms with Gasteiger partial charge in [0.05, 0.1) is 6.33 Å². The van der Waals surface area contributed by atoms with Crippen molar-refractivity contribution in [2.45, 2.75) is 26.3 Å². The summed E-state index contributed by atoms with van der Waals surface area (Å²) < 4.78 is 2.07. The molecular formula is C20H27N5O2. The Labute approximate surface area is 160 Å². The molecule has 0 radical (unpaired) electrons.